The first-order valence-electron chi connectivity index (χ1n) is 4.67. The van der Waals surface area contributed by atoms with Crippen molar-refractivity contribution in [2.45, 2.75) is 5.33 Å². The summed E-state index contributed by atoms with van der Waals surface area (Å²) >= 11 is 3.19. The van der Waals surface area contributed by atoms with Crippen molar-refractivity contribution >= 4 is 21.6 Å². The molecule has 1 aromatic carbocycles. The first-order valence-corrected chi connectivity index (χ1v) is 5.79. The van der Waals surface area contributed by atoms with E-state index in [1.54, 1.807) is 6.07 Å². The molecule has 0 radical (unpaired) electrons. The van der Waals surface area contributed by atoms with Gasteiger partial charge in [-0.3, -0.25) is 10.1 Å². The third-order valence-electron chi connectivity index (χ3n) is 2.04. The first kappa shape index (κ1) is 13.7. The van der Waals surface area contributed by atoms with E-state index in [0.717, 1.165) is 0 Å². The molecule has 0 aliphatic rings. The van der Waals surface area contributed by atoms with Gasteiger partial charge in [0.05, 0.1) is 18.1 Å². The van der Waals surface area contributed by atoms with Gasteiger partial charge in [0, 0.05) is 18.0 Å². The maximum Gasteiger partial charge on any atom is 0.277 e. The van der Waals surface area contributed by atoms with Crippen LogP contribution in [0.3, 0.4) is 0 Å². The number of halogens is 1. The van der Waals surface area contributed by atoms with E-state index in [0.29, 0.717) is 16.6 Å². The Balaban J connectivity index is 3.18. The van der Waals surface area contributed by atoms with Gasteiger partial charge < -0.3 is 14.2 Å². The van der Waals surface area contributed by atoms with E-state index >= 15 is 0 Å². The summed E-state index contributed by atoms with van der Waals surface area (Å²) < 4.78 is 15.0. The molecule has 1 rings (SSSR count). The summed E-state index contributed by atoms with van der Waals surface area (Å²) in [7, 11) is 2.94. The summed E-state index contributed by atoms with van der Waals surface area (Å²) in [4.78, 5) is 10.4. The minimum Gasteiger partial charge on any atom is -0.493 e. The number of nitrogens with zero attached hydrogens (tertiary/aromatic N) is 1. The van der Waals surface area contributed by atoms with Crippen LogP contribution >= 0.6 is 15.9 Å². The van der Waals surface area contributed by atoms with Crippen molar-refractivity contribution in [3.8, 4) is 11.5 Å². The van der Waals surface area contributed by atoms with Gasteiger partial charge in [0.15, 0.2) is 18.3 Å². The summed E-state index contributed by atoms with van der Waals surface area (Å²) in [6, 6.07) is 2.90. The van der Waals surface area contributed by atoms with E-state index < -0.39 is 4.92 Å². The number of nitro benzene ring substituents is 1. The normalized spacial score (nSPS) is 10.1. The Hall–Kier alpha value is -1.34. The van der Waals surface area contributed by atoms with E-state index in [1.165, 1.54) is 20.3 Å². The van der Waals surface area contributed by atoms with Crippen LogP contribution in [0.15, 0.2) is 12.1 Å². The standard InChI is InChI=1S/C10H12BrNO5/c1-15-6-17-10-4-8(12(13)14)7(5-11)3-9(10)16-2/h3-4H,5-6H2,1-2H3. The largest absolute Gasteiger partial charge is 0.493 e. The number of ether oxygens (including phenoxy) is 3. The van der Waals surface area contributed by atoms with Gasteiger partial charge in [-0.05, 0) is 6.07 Å². The zero-order chi connectivity index (χ0) is 12.8. The second-order valence-electron chi connectivity index (χ2n) is 3.07. The summed E-state index contributed by atoms with van der Waals surface area (Å²) in [5.41, 5.74) is 0.505. The molecule has 0 spiro atoms. The second-order valence-corrected chi connectivity index (χ2v) is 3.63. The fourth-order valence-corrected chi connectivity index (χ4v) is 1.71. The number of hydrogen-bond donors (Lipinski definition) is 0. The molecule has 0 bridgehead atoms. The highest BCUT2D eigenvalue weighted by Crippen LogP contribution is 2.35. The van der Waals surface area contributed by atoms with Crippen LogP contribution in [0.5, 0.6) is 11.5 Å². The highest BCUT2D eigenvalue weighted by molar-refractivity contribution is 9.08. The van der Waals surface area contributed by atoms with Crippen LogP contribution in [0, 0.1) is 10.1 Å². The number of nitro groups is 1. The van der Waals surface area contributed by atoms with Crippen LogP contribution in [0.25, 0.3) is 0 Å². The number of rotatable bonds is 6. The van der Waals surface area contributed by atoms with Crippen LogP contribution in [-0.4, -0.2) is 25.9 Å². The Kier molecular flexibility index (Phi) is 5.17. The lowest BCUT2D eigenvalue weighted by atomic mass is 10.2. The molecule has 0 aromatic heterocycles. The Bertz CT molecular complexity index is 410. The molecule has 0 aliphatic carbocycles. The van der Waals surface area contributed by atoms with E-state index in [1.807, 2.05) is 0 Å². The SMILES string of the molecule is COCOc1cc([N+](=O)[O-])c(CBr)cc1OC. The minimum atomic E-state index is -0.463. The lowest BCUT2D eigenvalue weighted by Gasteiger charge is -2.11. The van der Waals surface area contributed by atoms with Gasteiger partial charge in [-0.2, -0.15) is 0 Å². The molecule has 0 saturated heterocycles. The predicted octanol–water partition coefficient (Wildman–Crippen LogP) is 2.48. The van der Waals surface area contributed by atoms with Gasteiger partial charge in [-0.25, -0.2) is 0 Å². The second kappa shape index (κ2) is 6.41. The van der Waals surface area contributed by atoms with Gasteiger partial charge in [0.25, 0.3) is 5.69 Å². The van der Waals surface area contributed by atoms with E-state index in [9.17, 15) is 10.1 Å². The first-order chi connectivity index (χ1) is 8.13. The third-order valence-corrected chi connectivity index (χ3v) is 2.64. The van der Waals surface area contributed by atoms with Crippen LogP contribution in [0.1, 0.15) is 5.56 Å². The Labute approximate surface area is 107 Å². The molecule has 6 nitrogen and oxygen atoms in total. The Morgan fingerprint density at radius 1 is 1.35 bits per heavy atom. The zero-order valence-corrected chi connectivity index (χ0v) is 11.0. The molecule has 7 heteroatoms. The molecule has 0 N–H and O–H groups in total. The third kappa shape index (κ3) is 3.31. The lowest BCUT2D eigenvalue weighted by Crippen LogP contribution is -2.03. The fourth-order valence-electron chi connectivity index (χ4n) is 1.26. The van der Waals surface area contributed by atoms with Crippen LogP contribution in [-0.2, 0) is 10.1 Å². The Morgan fingerprint density at radius 2 is 2.06 bits per heavy atom. The molecule has 0 unspecified atom stereocenters. The molecule has 1 aromatic rings. The van der Waals surface area contributed by atoms with Crippen LogP contribution in [0.2, 0.25) is 0 Å². The van der Waals surface area contributed by atoms with Crippen molar-refractivity contribution in [2.75, 3.05) is 21.0 Å². The number of benzene rings is 1. The zero-order valence-electron chi connectivity index (χ0n) is 9.44. The Morgan fingerprint density at radius 3 is 2.53 bits per heavy atom. The van der Waals surface area contributed by atoms with Crippen molar-refractivity contribution in [1.29, 1.82) is 0 Å². The summed E-state index contributed by atoms with van der Waals surface area (Å²) in [6.45, 7) is 0.00116. The van der Waals surface area contributed by atoms with Gasteiger partial charge in [-0.1, -0.05) is 15.9 Å². The molecule has 0 fully saturated rings. The molecule has 0 heterocycles. The van der Waals surface area contributed by atoms with Gasteiger partial charge in [-0.15, -0.1) is 0 Å². The molecule has 0 saturated carbocycles. The highest BCUT2D eigenvalue weighted by atomic mass is 79.9. The van der Waals surface area contributed by atoms with Gasteiger partial charge in [0.1, 0.15) is 0 Å². The molecular formula is C10H12BrNO5. The summed E-state index contributed by atoms with van der Waals surface area (Å²) in [5.74, 6) is 0.716. The topological polar surface area (TPSA) is 70.8 Å². The summed E-state index contributed by atoms with van der Waals surface area (Å²) in [6.07, 6.45) is 0. The quantitative estimate of drug-likeness (QED) is 0.349. The van der Waals surface area contributed by atoms with Crippen molar-refractivity contribution < 1.29 is 19.1 Å². The number of methoxy groups -OCH3 is 2. The maximum atomic E-state index is 10.9. The smallest absolute Gasteiger partial charge is 0.277 e. The van der Waals surface area contributed by atoms with E-state index in [4.69, 9.17) is 14.2 Å². The van der Waals surface area contributed by atoms with Crippen molar-refractivity contribution in [3.63, 3.8) is 0 Å². The number of alkyl halides is 1. The molecule has 94 valence electrons. The monoisotopic (exact) mass is 305 g/mol. The van der Waals surface area contributed by atoms with Gasteiger partial charge in [0.2, 0.25) is 0 Å². The highest BCUT2D eigenvalue weighted by Gasteiger charge is 2.18. The lowest BCUT2D eigenvalue weighted by molar-refractivity contribution is -0.385. The van der Waals surface area contributed by atoms with Crippen LogP contribution in [0.4, 0.5) is 5.69 Å². The molecule has 0 amide bonds. The van der Waals surface area contributed by atoms with E-state index in [-0.39, 0.29) is 18.2 Å². The molecule has 0 aliphatic heterocycles. The van der Waals surface area contributed by atoms with Crippen molar-refractivity contribution in [2.24, 2.45) is 0 Å². The molecule has 17 heavy (non-hydrogen) atoms. The van der Waals surface area contributed by atoms with Crippen LogP contribution < -0.4 is 9.47 Å². The summed E-state index contributed by atoms with van der Waals surface area (Å²) in [5, 5.41) is 11.2. The maximum absolute atomic E-state index is 10.9. The molecular weight excluding hydrogens is 294 g/mol. The minimum absolute atomic E-state index is 0.00116. The van der Waals surface area contributed by atoms with Crippen molar-refractivity contribution in [1.82, 2.24) is 0 Å². The average molecular weight is 306 g/mol. The predicted molar refractivity (Wildman–Crippen MR) is 64.8 cm³/mol. The molecule has 0 atom stereocenters. The number of hydrogen-bond acceptors (Lipinski definition) is 5. The average Bonchev–Trinajstić information content (AvgIpc) is 2.34. The van der Waals surface area contributed by atoms with E-state index in [2.05, 4.69) is 15.9 Å². The van der Waals surface area contributed by atoms with Crippen molar-refractivity contribution in [3.05, 3.63) is 27.8 Å². The fraction of sp³-hybridized carbons (Fsp3) is 0.400. The van der Waals surface area contributed by atoms with Gasteiger partial charge >= 0.3 is 0 Å².